The van der Waals surface area contributed by atoms with Gasteiger partial charge in [0, 0.05) is 24.9 Å². The highest BCUT2D eigenvalue weighted by Gasteiger charge is 2.35. The largest absolute Gasteiger partial charge is 0.468 e. The standard InChI is InChI=1S/C12H13ClN2O6S2/c1-21-12(16)11-7-14(4-5-22-11)23(19,20)8-2-3-9(13)10(6-8)15(17)18/h2-3,6,11H,4-5,7H2,1H3/t11-/m0/s1. The molecule has 11 heteroatoms. The number of halogens is 1. The Hall–Kier alpha value is -1.36. The molecular formula is C12H13ClN2O6S2. The zero-order chi connectivity index (χ0) is 17.2. The third kappa shape index (κ3) is 3.77. The number of carbonyl (C=O) groups excluding carboxylic acids is 1. The van der Waals surface area contributed by atoms with E-state index in [0.29, 0.717) is 5.75 Å². The molecule has 0 saturated carbocycles. The third-order valence-corrected chi connectivity index (χ3v) is 6.59. The molecule has 0 aliphatic carbocycles. The molecule has 2 rings (SSSR count). The number of rotatable bonds is 4. The Labute approximate surface area is 141 Å². The van der Waals surface area contributed by atoms with Crippen LogP contribution in [-0.2, 0) is 19.6 Å². The summed E-state index contributed by atoms with van der Waals surface area (Å²) in [5.74, 6) is -0.0775. The number of nitro groups is 1. The van der Waals surface area contributed by atoms with E-state index in [4.69, 9.17) is 11.6 Å². The molecule has 1 aliphatic heterocycles. The van der Waals surface area contributed by atoms with Gasteiger partial charge in [-0.2, -0.15) is 4.31 Å². The highest BCUT2D eigenvalue weighted by Crippen LogP contribution is 2.30. The number of esters is 1. The van der Waals surface area contributed by atoms with Gasteiger partial charge in [-0.15, -0.1) is 11.8 Å². The first kappa shape index (κ1) is 18.0. The SMILES string of the molecule is COC(=O)[C@@H]1CN(S(=O)(=O)c2ccc(Cl)c([N+](=O)[O-])c2)CCS1. The van der Waals surface area contributed by atoms with Gasteiger partial charge in [0.2, 0.25) is 10.0 Å². The fraction of sp³-hybridized carbons (Fsp3) is 0.417. The Morgan fingerprint density at radius 2 is 2.22 bits per heavy atom. The quantitative estimate of drug-likeness (QED) is 0.442. The Morgan fingerprint density at radius 1 is 1.52 bits per heavy atom. The van der Waals surface area contributed by atoms with Gasteiger partial charge in [0.25, 0.3) is 5.69 Å². The average molecular weight is 381 g/mol. The van der Waals surface area contributed by atoms with Crippen LogP contribution in [-0.4, -0.2) is 54.8 Å². The molecule has 0 spiro atoms. The van der Waals surface area contributed by atoms with Crippen molar-refractivity contribution in [2.75, 3.05) is 26.0 Å². The zero-order valence-electron chi connectivity index (χ0n) is 12.0. The molecule has 0 unspecified atom stereocenters. The summed E-state index contributed by atoms with van der Waals surface area (Å²) < 4.78 is 31.0. The van der Waals surface area contributed by atoms with E-state index >= 15 is 0 Å². The van der Waals surface area contributed by atoms with Crippen molar-refractivity contribution >= 4 is 45.0 Å². The molecule has 0 radical (unpaired) electrons. The molecule has 1 heterocycles. The summed E-state index contributed by atoms with van der Waals surface area (Å²) in [6, 6.07) is 3.30. The average Bonchev–Trinajstić information content (AvgIpc) is 2.54. The van der Waals surface area contributed by atoms with Crippen molar-refractivity contribution < 1.29 is 22.9 Å². The number of thioether (sulfide) groups is 1. The minimum Gasteiger partial charge on any atom is -0.468 e. The van der Waals surface area contributed by atoms with Gasteiger partial charge < -0.3 is 4.74 Å². The van der Waals surface area contributed by atoms with Crippen LogP contribution < -0.4 is 0 Å². The number of methoxy groups -OCH3 is 1. The number of sulfonamides is 1. The Bertz CT molecular complexity index is 739. The molecule has 23 heavy (non-hydrogen) atoms. The second-order valence-corrected chi connectivity index (χ2v) is 8.27. The number of ether oxygens (including phenoxy) is 1. The second-order valence-electron chi connectivity index (χ2n) is 4.62. The molecule has 1 aliphatic rings. The van der Waals surface area contributed by atoms with E-state index in [2.05, 4.69) is 4.74 Å². The summed E-state index contributed by atoms with van der Waals surface area (Å²) in [7, 11) is -2.73. The summed E-state index contributed by atoms with van der Waals surface area (Å²) in [6.45, 7) is 0.160. The van der Waals surface area contributed by atoms with Crippen LogP contribution in [0.4, 0.5) is 5.69 Å². The van der Waals surface area contributed by atoms with Gasteiger partial charge in [-0.05, 0) is 12.1 Å². The molecule has 8 nitrogen and oxygen atoms in total. The lowest BCUT2D eigenvalue weighted by Crippen LogP contribution is -2.44. The van der Waals surface area contributed by atoms with Crippen LogP contribution in [0.1, 0.15) is 0 Å². The number of hydrogen-bond donors (Lipinski definition) is 0. The summed E-state index contributed by atoms with van der Waals surface area (Å²) in [4.78, 5) is 21.5. The number of nitrogens with zero attached hydrogens (tertiary/aromatic N) is 2. The van der Waals surface area contributed by atoms with E-state index in [0.717, 1.165) is 10.4 Å². The van der Waals surface area contributed by atoms with Crippen molar-refractivity contribution in [1.82, 2.24) is 4.31 Å². The van der Waals surface area contributed by atoms with Crippen LogP contribution in [0.2, 0.25) is 5.02 Å². The van der Waals surface area contributed by atoms with Crippen LogP contribution in [0.25, 0.3) is 0 Å². The normalized spacial score (nSPS) is 19.3. The number of benzene rings is 1. The van der Waals surface area contributed by atoms with Gasteiger partial charge in [0.05, 0.1) is 16.9 Å². The smallest absolute Gasteiger partial charge is 0.320 e. The lowest BCUT2D eigenvalue weighted by atomic mass is 10.3. The summed E-state index contributed by atoms with van der Waals surface area (Å²) >= 11 is 7.01. The summed E-state index contributed by atoms with van der Waals surface area (Å²) in [6.07, 6.45) is 0. The first-order valence-electron chi connectivity index (χ1n) is 6.41. The van der Waals surface area contributed by atoms with Crippen molar-refractivity contribution in [2.45, 2.75) is 10.1 Å². The zero-order valence-corrected chi connectivity index (χ0v) is 14.4. The maximum atomic E-state index is 12.6. The molecular weight excluding hydrogens is 368 g/mol. The topological polar surface area (TPSA) is 107 Å². The molecule has 1 atom stereocenters. The predicted molar refractivity (Wildman–Crippen MR) is 85.1 cm³/mol. The molecule has 0 N–H and O–H groups in total. The molecule has 1 aromatic carbocycles. The lowest BCUT2D eigenvalue weighted by molar-refractivity contribution is -0.384. The molecule has 0 bridgehead atoms. The Balaban J connectivity index is 2.33. The van der Waals surface area contributed by atoms with Crippen LogP contribution in [0.15, 0.2) is 23.1 Å². The van der Waals surface area contributed by atoms with E-state index < -0.39 is 31.9 Å². The predicted octanol–water partition coefficient (Wildman–Crippen LogP) is 1.53. The molecule has 0 amide bonds. The first-order chi connectivity index (χ1) is 10.8. The van der Waals surface area contributed by atoms with E-state index in [1.807, 2.05) is 0 Å². The molecule has 126 valence electrons. The van der Waals surface area contributed by atoms with Gasteiger partial charge in [0.15, 0.2) is 0 Å². The first-order valence-corrected chi connectivity index (χ1v) is 9.27. The van der Waals surface area contributed by atoms with Crippen LogP contribution in [0.3, 0.4) is 0 Å². The van der Waals surface area contributed by atoms with Gasteiger partial charge in [-0.1, -0.05) is 11.6 Å². The molecule has 1 saturated heterocycles. The van der Waals surface area contributed by atoms with Gasteiger partial charge in [-0.25, -0.2) is 8.42 Å². The Kier molecular flexibility index (Phi) is 5.50. The van der Waals surface area contributed by atoms with Crippen LogP contribution >= 0.6 is 23.4 Å². The van der Waals surface area contributed by atoms with Gasteiger partial charge in [-0.3, -0.25) is 14.9 Å². The fourth-order valence-corrected chi connectivity index (χ4v) is 5.06. The highest BCUT2D eigenvalue weighted by atomic mass is 35.5. The molecule has 1 fully saturated rings. The third-order valence-electron chi connectivity index (χ3n) is 3.25. The van der Waals surface area contributed by atoms with Gasteiger partial charge in [0.1, 0.15) is 10.3 Å². The number of carbonyl (C=O) groups is 1. The van der Waals surface area contributed by atoms with E-state index in [9.17, 15) is 23.3 Å². The van der Waals surface area contributed by atoms with E-state index in [-0.39, 0.29) is 23.0 Å². The fourth-order valence-electron chi connectivity index (χ4n) is 2.06. The monoisotopic (exact) mass is 380 g/mol. The van der Waals surface area contributed by atoms with Crippen LogP contribution in [0, 0.1) is 10.1 Å². The summed E-state index contributed by atoms with van der Waals surface area (Å²) in [5, 5.41) is 10.1. The molecule has 0 aromatic heterocycles. The lowest BCUT2D eigenvalue weighted by Gasteiger charge is -2.30. The summed E-state index contributed by atoms with van der Waals surface area (Å²) in [5.41, 5.74) is -0.483. The maximum absolute atomic E-state index is 12.6. The minimum absolute atomic E-state index is 0.0455. The van der Waals surface area contributed by atoms with Crippen molar-refractivity contribution in [3.63, 3.8) is 0 Å². The van der Waals surface area contributed by atoms with Crippen molar-refractivity contribution in [3.8, 4) is 0 Å². The van der Waals surface area contributed by atoms with Crippen molar-refractivity contribution in [2.24, 2.45) is 0 Å². The number of nitro benzene ring substituents is 1. The molecule has 1 aromatic rings. The van der Waals surface area contributed by atoms with E-state index in [1.54, 1.807) is 0 Å². The maximum Gasteiger partial charge on any atom is 0.320 e. The van der Waals surface area contributed by atoms with Crippen molar-refractivity contribution in [3.05, 3.63) is 33.3 Å². The highest BCUT2D eigenvalue weighted by molar-refractivity contribution is 8.00. The minimum atomic E-state index is -3.96. The van der Waals surface area contributed by atoms with Crippen LogP contribution in [0.5, 0.6) is 0 Å². The van der Waals surface area contributed by atoms with Crippen molar-refractivity contribution in [1.29, 1.82) is 0 Å². The van der Waals surface area contributed by atoms with E-state index in [1.165, 1.54) is 31.0 Å². The number of hydrogen-bond acceptors (Lipinski definition) is 7. The Morgan fingerprint density at radius 3 is 2.83 bits per heavy atom. The second kappa shape index (κ2) is 7.04. The van der Waals surface area contributed by atoms with Gasteiger partial charge >= 0.3 is 5.97 Å².